The van der Waals surface area contributed by atoms with Gasteiger partial charge in [0.2, 0.25) is 0 Å². The zero-order valence-electron chi connectivity index (χ0n) is 13.7. The second kappa shape index (κ2) is 8.58. The van der Waals surface area contributed by atoms with Crippen LogP contribution in [0.2, 0.25) is 0 Å². The van der Waals surface area contributed by atoms with Crippen LogP contribution in [0.15, 0.2) is 4.99 Å². The first-order valence-electron chi connectivity index (χ1n) is 7.71. The van der Waals surface area contributed by atoms with E-state index in [2.05, 4.69) is 27.4 Å². The summed E-state index contributed by atoms with van der Waals surface area (Å²) in [6.07, 6.45) is 3.08. The number of nitrogens with one attached hydrogen (secondary N) is 2. The van der Waals surface area contributed by atoms with Gasteiger partial charge in [0.25, 0.3) is 0 Å². The molecular weight excluding hydrogens is 288 g/mol. The van der Waals surface area contributed by atoms with E-state index in [0.29, 0.717) is 12.3 Å². The average Bonchev–Trinajstić information content (AvgIpc) is 2.88. The maximum atomic E-state index is 11.2. The Kier molecular flexibility index (Phi) is 7.45. The van der Waals surface area contributed by atoms with Crippen LogP contribution >= 0.6 is 0 Å². The van der Waals surface area contributed by atoms with Gasteiger partial charge in [-0.3, -0.25) is 4.99 Å². The molecule has 2 N–H and O–H groups in total. The molecule has 1 rings (SSSR count). The Morgan fingerprint density at radius 3 is 2.71 bits per heavy atom. The predicted molar refractivity (Wildman–Crippen MR) is 88.5 cm³/mol. The molecular formula is C14H30N4O2S. The molecule has 1 aliphatic rings. The Balaban J connectivity index is 2.29. The fourth-order valence-electron chi connectivity index (χ4n) is 2.50. The summed E-state index contributed by atoms with van der Waals surface area (Å²) >= 11 is 0. The van der Waals surface area contributed by atoms with E-state index in [4.69, 9.17) is 0 Å². The van der Waals surface area contributed by atoms with Crippen LogP contribution in [-0.2, 0) is 9.84 Å². The molecule has 1 saturated heterocycles. The average molecular weight is 318 g/mol. The van der Waals surface area contributed by atoms with Gasteiger partial charge in [-0.1, -0.05) is 6.92 Å². The van der Waals surface area contributed by atoms with Gasteiger partial charge in [-0.15, -0.1) is 0 Å². The Morgan fingerprint density at radius 2 is 2.19 bits per heavy atom. The maximum Gasteiger partial charge on any atom is 0.191 e. The van der Waals surface area contributed by atoms with Crippen molar-refractivity contribution in [1.29, 1.82) is 0 Å². The molecule has 0 aromatic carbocycles. The van der Waals surface area contributed by atoms with Crippen molar-refractivity contribution in [3.8, 4) is 0 Å². The van der Waals surface area contributed by atoms with Gasteiger partial charge >= 0.3 is 0 Å². The Morgan fingerprint density at radius 1 is 1.48 bits per heavy atom. The van der Waals surface area contributed by atoms with E-state index >= 15 is 0 Å². The Bertz CT molecular complexity index is 436. The van der Waals surface area contributed by atoms with Crippen molar-refractivity contribution >= 4 is 15.8 Å². The number of nitrogens with zero attached hydrogens (tertiary/aromatic N) is 2. The van der Waals surface area contributed by atoms with Crippen molar-refractivity contribution in [3.05, 3.63) is 0 Å². The van der Waals surface area contributed by atoms with Gasteiger partial charge in [0, 0.05) is 32.4 Å². The van der Waals surface area contributed by atoms with Crippen molar-refractivity contribution in [1.82, 2.24) is 15.5 Å². The van der Waals surface area contributed by atoms with E-state index in [9.17, 15) is 8.42 Å². The van der Waals surface area contributed by atoms with Gasteiger partial charge in [-0.25, -0.2) is 8.42 Å². The molecule has 1 heterocycles. The lowest BCUT2D eigenvalue weighted by Crippen LogP contribution is -2.44. The topological polar surface area (TPSA) is 73.8 Å². The third-order valence-electron chi connectivity index (χ3n) is 3.90. The highest BCUT2D eigenvalue weighted by molar-refractivity contribution is 7.90. The smallest absolute Gasteiger partial charge is 0.191 e. The lowest BCUT2D eigenvalue weighted by Gasteiger charge is -2.19. The molecule has 2 atom stereocenters. The van der Waals surface area contributed by atoms with Crippen LogP contribution in [0, 0.1) is 5.92 Å². The van der Waals surface area contributed by atoms with Gasteiger partial charge < -0.3 is 15.5 Å². The van der Waals surface area contributed by atoms with E-state index < -0.39 is 9.84 Å². The standard InChI is InChI=1S/C14H30N4O2S/c1-5-18-8-6-13(11-18)10-16-14(15-3)17-12(2)7-9-21(4,19)20/h12-13H,5-11H2,1-4H3,(H2,15,16,17). The molecule has 0 spiro atoms. The second-order valence-electron chi connectivity index (χ2n) is 5.96. The van der Waals surface area contributed by atoms with Crippen LogP contribution in [-0.4, -0.2) is 70.6 Å². The highest BCUT2D eigenvalue weighted by atomic mass is 32.2. The number of sulfone groups is 1. The van der Waals surface area contributed by atoms with E-state index in [1.54, 1.807) is 7.05 Å². The highest BCUT2D eigenvalue weighted by Crippen LogP contribution is 2.14. The maximum absolute atomic E-state index is 11.2. The summed E-state index contributed by atoms with van der Waals surface area (Å²) in [6.45, 7) is 8.52. The van der Waals surface area contributed by atoms with E-state index in [0.717, 1.165) is 25.6 Å². The van der Waals surface area contributed by atoms with E-state index in [1.165, 1.54) is 19.2 Å². The highest BCUT2D eigenvalue weighted by Gasteiger charge is 2.21. The van der Waals surface area contributed by atoms with Crippen LogP contribution in [0.3, 0.4) is 0 Å². The molecule has 2 unspecified atom stereocenters. The molecule has 1 aliphatic heterocycles. The molecule has 21 heavy (non-hydrogen) atoms. The van der Waals surface area contributed by atoms with Crippen molar-refractivity contribution in [2.24, 2.45) is 10.9 Å². The van der Waals surface area contributed by atoms with E-state index in [-0.39, 0.29) is 11.8 Å². The van der Waals surface area contributed by atoms with Crippen LogP contribution in [0.5, 0.6) is 0 Å². The third-order valence-corrected chi connectivity index (χ3v) is 4.88. The van der Waals surface area contributed by atoms with Gasteiger partial charge in [0.1, 0.15) is 9.84 Å². The normalized spacial score (nSPS) is 22.3. The first-order valence-corrected chi connectivity index (χ1v) is 9.77. The molecule has 0 saturated carbocycles. The molecule has 7 heteroatoms. The molecule has 1 fully saturated rings. The minimum atomic E-state index is -2.90. The minimum absolute atomic E-state index is 0.0849. The Labute approximate surface area is 129 Å². The summed E-state index contributed by atoms with van der Waals surface area (Å²) in [4.78, 5) is 6.66. The molecule has 124 valence electrons. The van der Waals surface area contributed by atoms with Crippen molar-refractivity contribution in [2.45, 2.75) is 32.7 Å². The number of rotatable bonds is 7. The summed E-state index contributed by atoms with van der Waals surface area (Å²) in [6, 6.07) is 0.0849. The number of aliphatic imine (C=N–C) groups is 1. The summed E-state index contributed by atoms with van der Waals surface area (Å²) in [5, 5.41) is 6.60. The third kappa shape index (κ3) is 7.66. The van der Waals surface area contributed by atoms with Crippen molar-refractivity contribution in [2.75, 3.05) is 45.2 Å². The van der Waals surface area contributed by atoms with Gasteiger partial charge in [-0.2, -0.15) is 0 Å². The zero-order valence-corrected chi connectivity index (χ0v) is 14.5. The number of hydrogen-bond acceptors (Lipinski definition) is 4. The largest absolute Gasteiger partial charge is 0.356 e. The number of likely N-dealkylation sites (tertiary alicyclic amines) is 1. The number of hydrogen-bond donors (Lipinski definition) is 2. The lowest BCUT2D eigenvalue weighted by atomic mass is 10.1. The van der Waals surface area contributed by atoms with Crippen LogP contribution < -0.4 is 10.6 Å². The summed E-state index contributed by atoms with van der Waals surface area (Å²) < 4.78 is 22.3. The first kappa shape index (κ1) is 18.2. The first-order chi connectivity index (χ1) is 9.84. The predicted octanol–water partition coefficient (Wildman–Crippen LogP) is 0.316. The summed E-state index contributed by atoms with van der Waals surface area (Å²) in [5.41, 5.74) is 0. The quantitative estimate of drug-likeness (QED) is 0.522. The Hall–Kier alpha value is -0.820. The molecule has 0 aromatic rings. The van der Waals surface area contributed by atoms with E-state index in [1.807, 2.05) is 6.92 Å². The SMILES string of the molecule is CCN1CCC(CNC(=NC)NC(C)CCS(C)(=O)=O)C1. The van der Waals surface area contributed by atoms with Gasteiger partial charge in [-0.05, 0) is 38.8 Å². The summed E-state index contributed by atoms with van der Waals surface area (Å²) in [7, 11) is -1.16. The second-order valence-corrected chi connectivity index (χ2v) is 8.22. The molecule has 0 aromatic heterocycles. The van der Waals surface area contributed by atoms with Crippen LogP contribution in [0.25, 0.3) is 0 Å². The fraction of sp³-hybridized carbons (Fsp3) is 0.929. The number of guanidine groups is 1. The monoisotopic (exact) mass is 318 g/mol. The van der Waals surface area contributed by atoms with Gasteiger partial charge in [0.15, 0.2) is 5.96 Å². The zero-order chi connectivity index (χ0) is 15.9. The molecule has 0 bridgehead atoms. The van der Waals surface area contributed by atoms with Crippen molar-refractivity contribution < 1.29 is 8.42 Å². The molecule has 6 nitrogen and oxygen atoms in total. The molecule has 0 aliphatic carbocycles. The molecule has 0 amide bonds. The minimum Gasteiger partial charge on any atom is -0.356 e. The molecule has 0 radical (unpaired) electrons. The van der Waals surface area contributed by atoms with Gasteiger partial charge in [0.05, 0.1) is 5.75 Å². The lowest BCUT2D eigenvalue weighted by molar-refractivity contribution is 0.341. The van der Waals surface area contributed by atoms with Crippen molar-refractivity contribution in [3.63, 3.8) is 0 Å². The fourth-order valence-corrected chi connectivity index (χ4v) is 3.28. The summed E-state index contributed by atoms with van der Waals surface area (Å²) in [5.74, 6) is 1.62. The van der Waals surface area contributed by atoms with Crippen LogP contribution in [0.4, 0.5) is 0 Å². The van der Waals surface area contributed by atoms with Crippen LogP contribution in [0.1, 0.15) is 26.7 Å².